The molecule has 0 unspecified atom stereocenters. The van der Waals surface area contributed by atoms with Gasteiger partial charge in [-0.15, -0.1) is 0 Å². The first-order valence-electron chi connectivity index (χ1n) is 7.67. The van der Waals surface area contributed by atoms with Gasteiger partial charge in [0, 0.05) is 18.8 Å². The van der Waals surface area contributed by atoms with Gasteiger partial charge in [-0.05, 0) is 32.0 Å². The van der Waals surface area contributed by atoms with Crippen molar-refractivity contribution in [3.8, 4) is 0 Å². The van der Waals surface area contributed by atoms with Crippen LogP contribution in [0.15, 0.2) is 47.7 Å². The number of alkyl halides is 2. The van der Waals surface area contributed by atoms with Crippen LogP contribution in [0.3, 0.4) is 0 Å². The average Bonchev–Trinajstić information content (AvgIpc) is 2.93. The molecule has 0 saturated carbocycles. The molecular weight excluding hydrogens is 310 g/mol. The summed E-state index contributed by atoms with van der Waals surface area (Å²) in [5.74, 6) is -3.06. The van der Waals surface area contributed by atoms with E-state index >= 15 is 0 Å². The Bertz CT molecular complexity index is 986. The Hall–Kier alpha value is -2.63. The number of hydrogen-bond acceptors (Lipinski definition) is 3. The minimum absolute atomic E-state index is 0.0348. The highest BCUT2D eigenvalue weighted by Gasteiger charge is 2.54. The van der Waals surface area contributed by atoms with Crippen LogP contribution in [0.4, 0.5) is 8.78 Å². The largest absolute Gasteiger partial charge is 0.349 e. The predicted molar refractivity (Wildman–Crippen MR) is 88.6 cm³/mol. The highest BCUT2D eigenvalue weighted by Crippen LogP contribution is 2.46. The number of aliphatic imine (C=N–C) groups is 1. The lowest BCUT2D eigenvalue weighted by Crippen LogP contribution is -2.45. The van der Waals surface area contributed by atoms with Gasteiger partial charge in [0.1, 0.15) is 11.2 Å². The number of halogens is 2. The van der Waals surface area contributed by atoms with Crippen LogP contribution in [0, 0.1) is 0 Å². The van der Waals surface area contributed by atoms with Gasteiger partial charge in [-0.25, -0.2) is 4.98 Å². The van der Waals surface area contributed by atoms with Crippen LogP contribution in [0.25, 0.3) is 11.0 Å². The Morgan fingerprint density at radius 1 is 1.04 bits per heavy atom. The number of nitrogens with zero attached hydrogens (tertiary/aromatic N) is 4. The van der Waals surface area contributed by atoms with E-state index in [9.17, 15) is 8.78 Å². The molecule has 3 heterocycles. The van der Waals surface area contributed by atoms with E-state index < -0.39 is 11.5 Å². The Morgan fingerprint density at radius 3 is 2.50 bits per heavy atom. The monoisotopic (exact) mass is 326 g/mol. The van der Waals surface area contributed by atoms with E-state index in [-0.39, 0.29) is 5.69 Å². The lowest BCUT2D eigenvalue weighted by atomic mass is 9.86. The Balaban J connectivity index is 1.98. The number of hydrogen-bond donors (Lipinski definition) is 0. The van der Waals surface area contributed by atoms with Gasteiger partial charge in [-0.2, -0.15) is 8.78 Å². The van der Waals surface area contributed by atoms with Crippen LogP contribution in [0.5, 0.6) is 0 Å². The lowest BCUT2D eigenvalue weighted by molar-refractivity contribution is -0.0742. The molecule has 1 aliphatic rings. The van der Waals surface area contributed by atoms with Gasteiger partial charge in [0.2, 0.25) is 0 Å². The molecule has 6 heteroatoms. The predicted octanol–water partition coefficient (Wildman–Crippen LogP) is 3.69. The Morgan fingerprint density at radius 2 is 1.75 bits per heavy atom. The molecule has 0 aliphatic carbocycles. The van der Waals surface area contributed by atoms with Crippen molar-refractivity contribution in [3.63, 3.8) is 0 Å². The van der Waals surface area contributed by atoms with Crippen molar-refractivity contribution in [2.24, 2.45) is 12.0 Å². The van der Waals surface area contributed by atoms with Gasteiger partial charge in [0.25, 0.3) is 0 Å². The molecule has 4 rings (SSSR count). The SMILES string of the molecule is Cn1ccc2c1C(F)(F)C(C)(C)N=C2c1cnc2ccccc2n1. The number of rotatable bonds is 1. The zero-order valence-electron chi connectivity index (χ0n) is 13.6. The van der Waals surface area contributed by atoms with Gasteiger partial charge >= 0.3 is 5.92 Å². The molecule has 1 aromatic carbocycles. The summed E-state index contributed by atoms with van der Waals surface area (Å²) < 4.78 is 31.2. The molecule has 0 radical (unpaired) electrons. The van der Waals surface area contributed by atoms with Crippen molar-refractivity contribution < 1.29 is 8.78 Å². The molecule has 1 aliphatic heterocycles. The van der Waals surface area contributed by atoms with Crippen molar-refractivity contribution in [1.29, 1.82) is 0 Å². The molecule has 0 fully saturated rings. The number of aromatic nitrogens is 3. The average molecular weight is 326 g/mol. The highest BCUT2D eigenvalue weighted by atomic mass is 19.3. The number of para-hydroxylation sites is 2. The van der Waals surface area contributed by atoms with Gasteiger partial charge in [-0.3, -0.25) is 9.98 Å². The maximum atomic E-state index is 14.8. The summed E-state index contributed by atoms with van der Waals surface area (Å²) in [5, 5.41) is 0. The summed E-state index contributed by atoms with van der Waals surface area (Å²) >= 11 is 0. The zero-order chi connectivity index (χ0) is 17.1. The van der Waals surface area contributed by atoms with Crippen molar-refractivity contribution >= 4 is 16.7 Å². The van der Waals surface area contributed by atoms with E-state index in [0.29, 0.717) is 22.5 Å². The molecular formula is C18H16F2N4. The van der Waals surface area contributed by atoms with Crippen LogP contribution >= 0.6 is 0 Å². The first-order chi connectivity index (χ1) is 11.3. The fourth-order valence-corrected chi connectivity index (χ4v) is 3.08. The molecule has 122 valence electrons. The lowest BCUT2D eigenvalue weighted by Gasteiger charge is -2.36. The maximum Gasteiger partial charge on any atom is 0.312 e. The van der Waals surface area contributed by atoms with Gasteiger partial charge in [0.15, 0.2) is 0 Å². The minimum atomic E-state index is -3.06. The third-order valence-electron chi connectivity index (χ3n) is 4.48. The fraction of sp³-hybridized carbons (Fsp3) is 0.278. The summed E-state index contributed by atoms with van der Waals surface area (Å²) in [7, 11) is 1.62. The first kappa shape index (κ1) is 14.9. The molecule has 4 nitrogen and oxygen atoms in total. The summed E-state index contributed by atoms with van der Waals surface area (Å²) in [4.78, 5) is 13.3. The van der Waals surface area contributed by atoms with E-state index in [4.69, 9.17) is 0 Å². The summed E-state index contributed by atoms with van der Waals surface area (Å²) in [6.07, 6.45) is 3.22. The fourth-order valence-electron chi connectivity index (χ4n) is 3.08. The topological polar surface area (TPSA) is 43.1 Å². The van der Waals surface area contributed by atoms with Crippen molar-refractivity contribution in [3.05, 3.63) is 59.7 Å². The van der Waals surface area contributed by atoms with Crippen molar-refractivity contribution in [2.45, 2.75) is 25.3 Å². The standard InChI is InChI=1S/C18H16F2N4/c1-17(2)18(19,20)16-11(8-9-24(16)3)15(23-17)14-10-21-12-6-4-5-7-13(12)22-14/h4-10H,1-3H3. The second-order valence-electron chi connectivity index (χ2n) is 6.53. The van der Waals surface area contributed by atoms with E-state index in [2.05, 4.69) is 15.0 Å². The molecule has 0 amide bonds. The van der Waals surface area contributed by atoms with Crippen molar-refractivity contribution in [1.82, 2.24) is 14.5 Å². The maximum absolute atomic E-state index is 14.8. The molecule has 0 N–H and O–H groups in total. The highest BCUT2D eigenvalue weighted by molar-refractivity contribution is 6.14. The normalized spacial score (nSPS) is 18.3. The summed E-state index contributed by atoms with van der Waals surface area (Å²) in [6.45, 7) is 2.88. The summed E-state index contributed by atoms with van der Waals surface area (Å²) in [6, 6.07) is 9.12. The van der Waals surface area contributed by atoms with E-state index in [1.165, 1.54) is 18.4 Å². The number of benzene rings is 1. The third kappa shape index (κ3) is 1.92. The van der Waals surface area contributed by atoms with Crippen LogP contribution in [0.2, 0.25) is 0 Å². The van der Waals surface area contributed by atoms with E-state index in [0.717, 1.165) is 5.52 Å². The quantitative estimate of drug-likeness (QED) is 0.684. The molecule has 0 bridgehead atoms. The second kappa shape index (κ2) is 4.69. The Kier molecular flexibility index (Phi) is 2.92. The van der Waals surface area contributed by atoms with Crippen LogP contribution < -0.4 is 0 Å². The van der Waals surface area contributed by atoms with Gasteiger partial charge in [-0.1, -0.05) is 12.1 Å². The minimum Gasteiger partial charge on any atom is -0.349 e. The summed E-state index contributed by atoms with van der Waals surface area (Å²) in [5.41, 5.74) is 1.25. The number of fused-ring (bicyclic) bond motifs is 2. The van der Waals surface area contributed by atoms with Crippen molar-refractivity contribution in [2.75, 3.05) is 0 Å². The Labute approximate surface area is 137 Å². The van der Waals surface area contributed by atoms with Gasteiger partial charge < -0.3 is 4.57 Å². The first-order valence-corrected chi connectivity index (χ1v) is 7.67. The van der Waals surface area contributed by atoms with Crippen LogP contribution in [-0.4, -0.2) is 25.8 Å². The smallest absolute Gasteiger partial charge is 0.312 e. The van der Waals surface area contributed by atoms with E-state index in [1.807, 2.05) is 24.3 Å². The zero-order valence-corrected chi connectivity index (χ0v) is 13.6. The molecule has 24 heavy (non-hydrogen) atoms. The number of aryl methyl sites for hydroxylation is 1. The van der Waals surface area contributed by atoms with Crippen LogP contribution in [-0.2, 0) is 13.0 Å². The molecule has 2 aromatic heterocycles. The molecule has 0 atom stereocenters. The van der Waals surface area contributed by atoms with Gasteiger partial charge in [0.05, 0.1) is 28.6 Å². The molecule has 0 saturated heterocycles. The third-order valence-corrected chi connectivity index (χ3v) is 4.48. The van der Waals surface area contributed by atoms with Crippen LogP contribution in [0.1, 0.15) is 30.8 Å². The van der Waals surface area contributed by atoms with E-state index in [1.54, 1.807) is 25.5 Å². The molecule has 3 aromatic rings. The second-order valence-corrected chi connectivity index (χ2v) is 6.53. The molecule has 0 spiro atoms.